The summed E-state index contributed by atoms with van der Waals surface area (Å²) in [7, 11) is 4.93. The fraction of sp³-hybridized carbons (Fsp3) is 0.381. The number of hydrogen-bond donors (Lipinski definition) is 3. The summed E-state index contributed by atoms with van der Waals surface area (Å²) in [6.45, 7) is 4.84. The monoisotopic (exact) mass is 386 g/mol. The first-order chi connectivity index (χ1) is 13.7. The minimum Gasteiger partial charge on any atom is -0.493 e. The van der Waals surface area contributed by atoms with Gasteiger partial charge in [0.15, 0.2) is 17.5 Å². The molecule has 0 heterocycles. The molecule has 7 nitrogen and oxygen atoms in total. The number of benzene rings is 2. The van der Waals surface area contributed by atoms with Crippen molar-refractivity contribution in [3.8, 4) is 11.5 Å². The van der Waals surface area contributed by atoms with E-state index in [2.05, 4.69) is 45.2 Å². The molecule has 0 aromatic heterocycles. The molecule has 3 N–H and O–H groups in total. The minimum absolute atomic E-state index is 0.570. The molecule has 152 valence electrons. The molecule has 0 radical (unpaired) electrons. The number of nitrogens with zero attached hydrogens (tertiary/aromatic N) is 1. The van der Waals surface area contributed by atoms with Gasteiger partial charge >= 0.3 is 0 Å². The van der Waals surface area contributed by atoms with Gasteiger partial charge in [0.25, 0.3) is 0 Å². The summed E-state index contributed by atoms with van der Waals surface area (Å²) in [5, 5.41) is 9.86. The van der Waals surface area contributed by atoms with Gasteiger partial charge in [0.2, 0.25) is 0 Å². The molecule has 2 aromatic rings. The van der Waals surface area contributed by atoms with E-state index in [4.69, 9.17) is 14.2 Å². The van der Waals surface area contributed by atoms with Gasteiger partial charge in [-0.15, -0.1) is 0 Å². The molecule has 0 atom stereocenters. The summed E-state index contributed by atoms with van der Waals surface area (Å²) < 4.78 is 15.7. The predicted octanol–water partition coefficient (Wildman–Crippen LogP) is 3.34. The Hall–Kier alpha value is -2.93. The van der Waals surface area contributed by atoms with Crippen LogP contribution in [0.25, 0.3) is 0 Å². The van der Waals surface area contributed by atoms with E-state index in [9.17, 15) is 0 Å². The van der Waals surface area contributed by atoms with Crippen LogP contribution in [0.4, 0.5) is 11.4 Å². The van der Waals surface area contributed by atoms with E-state index in [0.29, 0.717) is 30.6 Å². The van der Waals surface area contributed by atoms with Crippen LogP contribution in [0, 0.1) is 0 Å². The number of anilines is 2. The third-order valence-electron chi connectivity index (χ3n) is 4.00. The Labute approximate surface area is 167 Å². The first-order valence-electron chi connectivity index (χ1n) is 9.29. The van der Waals surface area contributed by atoms with Crippen LogP contribution >= 0.6 is 0 Å². The Kier molecular flexibility index (Phi) is 8.94. The van der Waals surface area contributed by atoms with Crippen molar-refractivity contribution in [2.24, 2.45) is 4.99 Å². The van der Waals surface area contributed by atoms with E-state index in [0.717, 1.165) is 30.0 Å². The largest absolute Gasteiger partial charge is 0.493 e. The van der Waals surface area contributed by atoms with Crippen LogP contribution in [-0.4, -0.2) is 47.0 Å². The van der Waals surface area contributed by atoms with Gasteiger partial charge in [0.05, 0.1) is 27.4 Å². The van der Waals surface area contributed by atoms with E-state index < -0.39 is 0 Å². The van der Waals surface area contributed by atoms with E-state index >= 15 is 0 Å². The van der Waals surface area contributed by atoms with E-state index in [-0.39, 0.29) is 0 Å². The van der Waals surface area contributed by atoms with Gasteiger partial charge < -0.3 is 30.2 Å². The first kappa shape index (κ1) is 21.4. The molecule has 0 saturated heterocycles. The van der Waals surface area contributed by atoms with Crippen LogP contribution in [0.2, 0.25) is 0 Å². The topological polar surface area (TPSA) is 76.1 Å². The summed E-state index contributed by atoms with van der Waals surface area (Å²) in [6, 6.07) is 13.9. The number of rotatable bonds is 10. The van der Waals surface area contributed by atoms with E-state index in [1.165, 1.54) is 0 Å². The molecule has 0 bridgehead atoms. The van der Waals surface area contributed by atoms with Crippen molar-refractivity contribution in [3.05, 3.63) is 48.0 Å². The maximum Gasteiger partial charge on any atom is 0.196 e. The van der Waals surface area contributed by atoms with Gasteiger partial charge in [0, 0.05) is 37.6 Å². The van der Waals surface area contributed by atoms with Crippen molar-refractivity contribution in [1.29, 1.82) is 0 Å². The van der Waals surface area contributed by atoms with Crippen molar-refractivity contribution >= 4 is 17.3 Å². The molecule has 2 rings (SSSR count). The molecular weight excluding hydrogens is 356 g/mol. The van der Waals surface area contributed by atoms with Crippen LogP contribution in [-0.2, 0) is 11.3 Å². The summed E-state index contributed by atoms with van der Waals surface area (Å²) in [5.41, 5.74) is 3.07. The van der Waals surface area contributed by atoms with Gasteiger partial charge in [-0.3, -0.25) is 0 Å². The number of methoxy groups -OCH3 is 3. The van der Waals surface area contributed by atoms with E-state index in [1.54, 1.807) is 21.3 Å². The third kappa shape index (κ3) is 6.66. The minimum atomic E-state index is 0.570. The highest BCUT2D eigenvalue weighted by atomic mass is 16.5. The lowest BCUT2D eigenvalue weighted by molar-refractivity contribution is 0.211. The molecular formula is C21H30N4O3. The Morgan fingerprint density at radius 3 is 2.29 bits per heavy atom. The zero-order chi connectivity index (χ0) is 20.2. The van der Waals surface area contributed by atoms with E-state index in [1.807, 2.05) is 25.1 Å². The SMILES string of the molecule is CCNC(=NCc1ccc(NCCOC)cc1)Nc1ccc(OC)c(OC)c1. The van der Waals surface area contributed by atoms with Crippen molar-refractivity contribution in [1.82, 2.24) is 5.32 Å². The fourth-order valence-electron chi connectivity index (χ4n) is 2.55. The number of aliphatic imine (C=N–C) groups is 1. The zero-order valence-electron chi connectivity index (χ0n) is 17.0. The maximum atomic E-state index is 5.35. The van der Waals surface area contributed by atoms with Crippen LogP contribution in [0.1, 0.15) is 12.5 Å². The maximum absolute atomic E-state index is 5.35. The Morgan fingerprint density at radius 2 is 1.64 bits per heavy atom. The number of ether oxygens (including phenoxy) is 3. The molecule has 2 aromatic carbocycles. The highest BCUT2D eigenvalue weighted by Gasteiger charge is 2.06. The molecule has 0 aliphatic rings. The highest BCUT2D eigenvalue weighted by Crippen LogP contribution is 2.29. The fourth-order valence-corrected chi connectivity index (χ4v) is 2.55. The second-order valence-electron chi connectivity index (χ2n) is 6.01. The Bertz CT molecular complexity index is 748. The molecule has 0 unspecified atom stereocenters. The molecule has 0 amide bonds. The lowest BCUT2D eigenvalue weighted by atomic mass is 10.2. The quantitative estimate of drug-likeness (QED) is 0.330. The smallest absolute Gasteiger partial charge is 0.196 e. The summed E-state index contributed by atoms with van der Waals surface area (Å²) in [6.07, 6.45) is 0. The molecule has 0 aliphatic heterocycles. The zero-order valence-corrected chi connectivity index (χ0v) is 17.0. The summed E-state index contributed by atoms with van der Waals surface area (Å²) >= 11 is 0. The van der Waals surface area contributed by atoms with Gasteiger partial charge in [-0.25, -0.2) is 4.99 Å². The molecule has 7 heteroatoms. The Morgan fingerprint density at radius 1 is 0.929 bits per heavy atom. The average Bonchev–Trinajstić information content (AvgIpc) is 2.73. The summed E-state index contributed by atoms with van der Waals surface area (Å²) in [5.74, 6) is 2.06. The third-order valence-corrected chi connectivity index (χ3v) is 4.00. The molecule has 0 aliphatic carbocycles. The van der Waals surface area contributed by atoms with Crippen molar-refractivity contribution in [3.63, 3.8) is 0 Å². The van der Waals surface area contributed by atoms with Gasteiger partial charge in [0.1, 0.15) is 0 Å². The normalized spacial score (nSPS) is 11.1. The van der Waals surface area contributed by atoms with Crippen LogP contribution in [0.3, 0.4) is 0 Å². The summed E-state index contributed by atoms with van der Waals surface area (Å²) in [4.78, 5) is 4.66. The second kappa shape index (κ2) is 11.7. The lowest BCUT2D eigenvalue weighted by Crippen LogP contribution is -2.30. The Balaban J connectivity index is 2.02. The lowest BCUT2D eigenvalue weighted by Gasteiger charge is -2.14. The van der Waals surface area contributed by atoms with Crippen LogP contribution < -0.4 is 25.4 Å². The van der Waals surface area contributed by atoms with Crippen molar-refractivity contribution < 1.29 is 14.2 Å². The molecule has 0 spiro atoms. The predicted molar refractivity (Wildman–Crippen MR) is 115 cm³/mol. The van der Waals surface area contributed by atoms with Gasteiger partial charge in [-0.05, 0) is 36.8 Å². The van der Waals surface area contributed by atoms with Crippen molar-refractivity contribution in [2.75, 3.05) is 51.7 Å². The highest BCUT2D eigenvalue weighted by molar-refractivity contribution is 5.93. The molecule has 0 fully saturated rings. The molecule has 0 saturated carbocycles. The van der Waals surface area contributed by atoms with Gasteiger partial charge in [-0.1, -0.05) is 12.1 Å². The standard InChI is InChI=1S/C21H30N4O3/c1-5-22-21(25-18-10-11-19(27-3)20(14-18)28-4)24-15-16-6-8-17(9-7-16)23-12-13-26-2/h6-11,14,23H,5,12-13,15H2,1-4H3,(H2,22,24,25). The van der Waals surface area contributed by atoms with Crippen LogP contribution in [0.15, 0.2) is 47.5 Å². The molecule has 28 heavy (non-hydrogen) atoms. The van der Waals surface area contributed by atoms with Crippen molar-refractivity contribution in [2.45, 2.75) is 13.5 Å². The number of guanidine groups is 1. The second-order valence-corrected chi connectivity index (χ2v) is 6.01. The van der Waals surface area contributed by atoms with Crippen LogP contribution in [0.5, 0.6) is 11.5 Å². The average molecular weight is 386 g/mol. The number of nitrogens with one attached hydrogen (secondary N) is 3. The number of hydrogen-bond acceptors (Lipinski definition) is 5. The van der Waals surface area contributed by atoms with Gasteiger partial charge in [-0.2, -0.15) is 0 Å². The first-order valence-corrected chi connectivity index (χ1v) is 9.29.